The molecule has 2 aromatic rings. The monoisotopic (exact) mass is 493 g/mol. The van der Waals surface area contributed by atoms with E-state index in [-0.39, 0.29) is 42.7 Å². The molecule has 3 amide bonds. The molecule has 2 fully saturated rings. The van der Waals surface area contributed by atoms with Crippen molar-refractivity contribution in [1.82, 2.24) is 14.7 Å². The highest BCUT2D eigenvalue weighted by molar-refractivity contribution is 5.95. The molecule has 2 atom stereocenters. The lowest BCUT2D eigenvalue weighted by Crippen LogP contribution is -2.52. The van der Waals surface area contributed by atoms with Crippen LogP contribution >= 0.6 is 0 Å². The zero-order valence-electron chi connectivity index (χ0n) is 20.6. The lowest BCUT2D eigenvalue weighted by molar-refractivity contribution is -0.137. The van der Waals surface area contributed by atoms with Gasteiger partial charge in [0.25, 0.3) is 5.91 Å². The van der Waals surface area contributed by atoms with Crippen molar-refractivity contribution in [3.05, 3.63) is 65.7 Å². The van der Waals surface area contributed by atoms with Crippen LogP contribution in [-0.4, -0.2) is 77.9 Å². The Morgan fingerprint density at radius 1 is 0.944 bits per heavy atom. The van der Waals surface area contributed by atoms with E-state index in [1.54, 1.807) is 45.9 Å². The normalized spacial score (nSPS) is 18.7. The summed E-state index contributed by atoms with van der Waals surface area (Å²) in [5.41, 5.74) is 1.52. The Kier molecular flexibility index (Phi) is 7.87. The molecule has 9 nitrogen and oxygen atoms in total. The van der Waals surface area contributed by atoms with Gasteiger partial charge in [-0.15, -0.1) is 0 Å². The van der Waals surface area contributed by atoms with E-state index in [4.69, 9.17) is 9.47 Å². The number of carbonyl (C=O) groups is 4. The quantitative estimate of drug-likeness (QED) is 0.453. The maximum absolute atomic E-state index is 13.2. The topological polar surface area (TPSA) is 96.5 Å². The molecule has 0 aliphatic carbocycles. The molecule has 2 aliphatic heterocycles. The van der Waals surface area contributed by atoms with Crippen molar-refractivity contribution in [3.63, 3.8) is 0 Å². The van der Waals surface area contributed by atoms with E-state index in [2.05, 4.69) is 0 Å². The minimum atomic E-state index is -0.793. The molecule has 36 heavy (non-hydrogen) atoms. The molecule has 0 aromatic heterocycles. The number of amides is 3. The summed E-state index contributed by atoms with van der Waals surface area (Å²) >= 11 is 0. The molecule has 0 N–H and O–H groups in total. The number of nitrogens with zero attached hydrogens (tertiary/aromatic N) is 3. The van der Waals surface area contributed by atoms with Crippen LogP contribution in [0.1, 0.15) is 42.2 Å². The fourth-order valence-corrected chi connectivity index (χ4v) is 4.66. The molecule has 9 heteroatoms. The van der Waals surface area contributed by atoms with E-state index >= 15 is 0 Å². The summed E-state index contributed by atoms with van der Waals surface area (Å²) in [5.74, 6) is -0.253. The predicted octanol–water partition coefficient (Wildman–Crippen LogP) is 3.12. The Morgan fingerprint density at radius 3 is 2.22 bits per heavy atom. The van der Waals surface area contributed by atoms with E-state index in [0.717, 1.165) is 5.56 Å². The fraction of sp³-hybridized carbons (Fsp3) is 0.407. The molecule has 0 saturated carbocycles. The molecule has 190 valence electrons. The van der Waals surface area contributed by atoms with Crippen molar-refractivity contribution in [1.29, 1.82) is 0 Å². The van der Waals surface area contributed by atoms with Crippen LogP contribution in [0, 0.1) is 5.92 Å². The molecule has 0 bridgehead atoms. The first-order chi connectivity index (χ1) is 17.4. The number of carbonyl (C=O) groups excluding carboxylic acids is 4. The Bertz CT molecular complexity index is 1100. The Labute approximate surface area is 210 Å². The second-order valence-electron chi connectivity index (χ2n) is 8.96. The van der Waals surface area contributed by atoms with Gasteiger partial charge in [0, 0.05) is 44.7 Å². The summed E-state index contributed by atoms with van der Waals surface area (Å²) < 4.78 is 9.76. The van der Waals surface area contributed by atoms with Crippen LogP contribution in [0.5, 0.6) is 5.75 Å². The first-order valence-corrected chi connectivity index (χ1v) is 12.2. The van der Waals surface area contributed by atoms with Gasteiger partial charge in [0.05, 0.1) is 18.6 Å². The second-order valence-corrected chi connectivity index (χ2v) is 8.96. The lowest BCUT2D eigenvalue weighted by atomic mass is 10.1. The first kappa shape index (κ1) is 25.2. The van der Waals surface area contributed by atoms with Gasteiger partial charge in [-0.1, -0.05) is 30.3 Å². The van der Waals surface area contributed by atoms with Gasteiger partial charge in [-0.25, -0.2) is 4.79 Å². The Morgan fingerprint density at radius 2 is 1.58 bits per heavy atom. The van der Waals surface area contributed by atoms with Crippen LogP contribution in [0.25, 0.3) is 0 Å². The molecule has 2 unspecified atom stereocenters. The largest absolute Gasteiger partial charge is 0.513 e. The van der Waals surface area contributed by atoms with Gasteiger partial charge in [0.2, 0.25) is 11.8 Å². The maximum Gasteiger partial charge on any atom is 0.513 e. The predicted molar refractivity (Wildman–Crippen MR) is 131 cm³/mol. The van der Waals surface area contributed by atoms with Gasteiger partial charge in [-0.3, -0.25) is 14.4 Å². The van der Waals surface area contributed by atoms with E-state index in [1.165, 1.54) is 0 Å². The minimum Gasteiger partial charge on any atom is -0.434 e. The molecule has 0 radical (unpaired) electrons. The molecule has 2 aromatic carbocycles. The number of piperazine rings is 1. The third-order valence-electron chi connectivity index (χ3n) is 6.70. The Hall–Kier alpha value is -3.88. The molecule has 2 aliphatic rings. The highest BCUT2D eigenvalue weighted by Gasteiger charge is 2.39. The number of rotatable bonds is 6. The van der Waals surface area contributed by atoms with Crippen molar-refractivity contribution in [2.24, 2.45) is 5.92 Å². The van der Waals surface area contributed by atoms with Crippen LogP contribution in [0.4, 0.5) is 4.79 Å². The number of hydrogen-bond acceptors (Lipinski definition) is 6. The zero-order valence-corrected chi connectivity index (χ0v) is 20.6. The van der Waals surface area contributed by atoms with E-state index in [9.17, 15) is 19.2 Å². The minimum absolute atomic E-state index is 0.00565. The summed E-state index contributed by atoms with van der Waals surface area (Å²) in [4.78, 5) is 55.4. The molecule has 2 saturated heterocycles. The van der Waals surface area contributed by atoms with Gasteiger partial charge in [-0.05, 0) is 43.7 Å². The van der Waals surface area contributed by atoms with Crippen molar-refractivity contribution in [3.8, 4) is 5.75 Å². The molecular weight excluding hydrogens is 462 g/mol. The fourth-order valence-electron chi connectivity index (χ4n) is 4.66. The van der Waals surface area contributed by atoms with E-state index in [1.807, 2.05) is 37.3 Å². The second kappa shape index (κ2) is 11.2. The van der Waals surface area contributed by atoms with Crippen LogP contribution in [-0.2, 0) is 14.3 Å². The highest BCUT2D eigenvalue weighted by atomic mass is 16.7. The number of ether oxygens (including phenoxy) is 2. The summed E-state index contributed by atoms with van der Waals surface area (Å²) in [6, 6.07) is 16.0. The lowest BCUT2D eigenvalue weighted by Gasteiger charge is -2.36. The van der Waals surface area contributed by atoms with Crippen LogP contribution < -0.4 is 4.74 Å². The maximum atomic E-state index is 13.2. The molecule has 4 rings (SSSR count). The van der Waals surface area contributed by atoms with Crippen molar-refractivity contribution >= 4 is 23.9 Å². The molecular formula is C27H31N3O6. The van der Waals surface area contributed by atoms with Crippen molar-refractivity contribution < 1.29 is 28.7 Å². The summed E-state index contributed by atoms with van der Waals surface area (Å²) in [5, 5.41) is 0. The Balaban J connectivity index is 1.28. The van der Waals surface area contributed by atoms with Crippen LogP contribution in [0.2, 0.25) is 0 Å². The molecule has 0 spiro atoms. The average molecular weight is 494 g/mol. The third-order valence-corrected chi connectivity index (χ3v) is 6.70. The van der Waals surface area contributed by atoms with Gasteiger partial charge >= 0.3 is 6.16 Å². The van der Waals surface area contributed by atoms with Crippen LogP contribution in [0.15, 0.2) is 54.6 Å². The van der Waals surface area contributed by atoms with Gasteiger partial charge in [0.1, 0.15) is 5.75 Å². The summed E-state index contributed by atoms with van der Waals surface area (Å²) in [7, 11) is 0. The zero-order chi connectivity index (χ0) is 25.7. The molecule has 2 heterocycles. The first-order valence-electron chi connectivity index (χ1n) is 12.2. The third kappa shape index (κ3) is 5.67. The van der Waals surface area contributed by atoms with Crippen molar-refractivity contribution in [2.75, 3.05) is 39.3 Å². The number of likely N-dealkylation sites (tertiary alicyclic amines) is 1. The summed E-state index contributed by atoms with van der Waals surface area (Å²) in [6.07, 6.45) is -0.575. The van der Waals surface area contributed by atoms with Crippen molar-refractivity contribution in [2.45, 2.75) is 26.3 Å². The SMILES string of the molecule is CCOC(=O)Oc1ccc(C(=O)N2CCN(C(=O)C3CC(=O)N(C(C)c4ccccc4)C3)CC2)cc1. The van der Waals surface area contributed by atoms with Gasteiger partial charge in [0.15, 0.2) is 0 Å². The van der Waals surface area contributed by atoms with E-state index < -0.39 is 6.16 Å². The van der Waals surface area contributed by atoms with Gasteiger partial charge < -0.3 is 24.2 Å². The smallest absolute Gasteiger partial charge is 0.434 e. The standard InChI is InChI=1S/C27H31N3O6/c1-3-35-27(34)36-23-11-9-21(10-12-23)25(32)28-13-15-29(16-14-28)26(33)22-17-24(31)30(18-22)19(2)20-7-5-4-6-8-20/h4-12,19,22H,3,13-18H2,1-2H3. The van der Waals surface area contributed by atoms with E-state index in [0.29, 0.717) is 44.0 Å². The number of hydrogen-bond donors (Lipinski definition) is 0. The highest BCUT2D eigenvalue weighted by Crippen LogP contribution is 2.29. The average Bonchev–Trinajstić information content (AvgIpc) is 3.30. The van der Waals surface area contributed by atoms with Crippen LogP contribution in [0.3, 0.4) is 0 Å². The summed E-state index contributed by atoms with van der Waals surface area (Å²) in [6.45, 7) is 5.97. The number of benzene rings is 2. The van der Waals surface area contributed by atoms with Gasteiger partial charge in [-0.2, -0.15) is 0 Å².